The fourth-order valence-electron chi connectivity index (χ4n) is 2.72. The third-order valence-corrected chi connectivity index (χ3v) is 4.04. The smallest absolute Gasteiger partial charge is 0.244 e. The summed E-state index contributed by atoms with van der Waals surface area (Å²) in [5.74, 6) is -0.935. The zero-order valence-corrected chi connectivity index (χ0v) is 14.1. The maximum atomic E-state index is 12.2. The lowest BCUT2D eigenvalue weighted by Gasteiger charge is -2.14. The summed E-state index contributed by atoms with van der Waals surface area (Å²) in [5, 5.41) is 3.62. The van der Waals surface area contributed by atoms with Gasteiger partial charge in [0, 0.05) is 24.1 Å². The number of amides is 2. The third-order valence-electron chi connectivity index (χ3n) is 4.04. The molecule has 0 saturated carbocycles. The summed E-state index contributed by atoms with van der Waals surface area (Å²) in [6.45, 7) is 0. The zero-order chi connectivity index (χ0) is 18.4. The van der Waals surface area contributed by atoms with Crippen LogP contribution in [-0.2, 0) is 16.0 Å². The topological polar surface area (TPSA) is 85.1 Å². The van der Waals surface area contributed by atoms with Crippen LogP contribution in [-0.4, -0.2) is 22.8 Å². The van der Waals surface area contributed by atoms with E-state index in [1.54, 1.807) is 12.3 Å². The van der Waals surface area contributed by atoms with Crippen LogP contribution in [0.4, 0.5) is 0 Å². The normalized spacial score (nSPS) is 12.2. The zero-order valence-electron chi connectivity index (χ0n) is 14.1. The van der Waals surface area contributed by atoms with E-state index >= 15 is 0 Å². The van der Waals surface area contributed by atoms with Crippen molar-refractivity contribution in [3.8, 4) is 0 Å². The second-order valence-electron chi connectivity index (χ2n) is 5.90. The van der Waals surface area contributed by atoms with Crippen molar-refractivity contribution in [2.75, 3.05) is 0 Å². The number of pyridine rings is 1. The summed E-state index contributed by atoms with van der Waals surface area (Å²) in [7, 11) is 0. The van der Waals surface area contributed by atoms with Crippen LogP contribution in [0.1, 0.15) is 11.1 Å². The van der Waals surface area contributed by atoms with Gasteiger partial charge in [0.05, 0.1) is 5.52 Å². The van der Waals surface area contributed by atoms with E-state index in [1.165, 1.54) is 6.08 Å². The first-order valence-electron chi connectivity index (χ1n) is 8.29. The van der Waals surface area contributed by atoms with Crippen molar-refractivity contribution in [1.82, 2.24) is 10.3 Å². The SMILES string of the molecule is NC(=O)C(Cc1ccccc1)NC(=O)C=Cc1ccnc2ccccc12. The predicted octanol–water partition coefficient (Wildman–Crippen LogP) is 2.46. The molecule has 3 aromatic rings. The monoisotopic (exact) mass is 345 g/mol. The number of aromatic nitrogens is 1. The van der Waals surface area contributed by atoms with Crippen LogP contribution in [0.2, 0.25) is 0 Å². The molecule has 3 rings (SSSR count). The number of primary amides is 1. The van der Waals surface area contributed by atoms with Crippen LogP contribution in [0.15, 0.2) is 72.9 Å². The quantitative estimate of drug-likeness (QED) is 0.673. The summed E-state index contributed by atoms with van der Waals surface area (Å²) in [5.41, 5.74) is 8.09. The van der Waals surface area contributed by atoms with Crippen LogP contribution >= 0.6 is 0 Å². The molecule has 2 aromatic carbocycles. The van der Waals surface area contributed by atoms with Crippen molar-refractivity contribution in [2.45, 2.75) is 12.5 Å². The number of benzene rings is 2. The minimum Gasteiger partial charge on any atom is -0.368 e. The van der Waals surface area contributed by atoms with Crippen LogP contribution in [0.3, 0.4) is 0 Å². The van der Waals surface area contributed by atoms with Crippen molar-refractivity contribution in [1.29, 1.82) is 0 Å². The van der Waals surface area contributed by atoms with Gasteiger partial charge in [0.25, 0.3) is 0 Å². The Morgan fingerprint density at radius 2 is 1.77 bits per heavy atom. The first kappa shape index (κ1) is 17.4. The van der Waals surface area contributed by atoms with Crippen LogP contribution in [0.25, 0.3) is 17.0 Å². The maximum Gasteiger partial charge on any atom is 0.244 e. The molecule has 1 unspecified atom stereocenters. The molecule has 1 heterocycles. The second-order valence-corrected chi connectivity index (χ2v) is 5.90. The van der Waals surface area contributed by atoms with Gasteiger partial charge in [-0.25, -0.2) is 0 Å². The van der Waals surface area contributed by atoms with Crippen molar-refractivity contribution in [3.63, 3.8) is 0 Å². The van der Waals surface area contributed by atoms with Crippen molar-refractivity contribution < 1.29 is 9.59 Å². The lowest BCUT2D eigenvalue weighted by molar-refractivity contribution is -0.124. The molecule has 3 N–H and O–H groups in total. The van der Waals surface area contributed by atoms with Crippen molar-refractivity contribution in [2.24, 2.45) is 5.73 Å². The van der Waals surface area contributed by atoms with Gasteiger partial charge < -0.3 is 11.1 Å². The third kappa shape index (κ3) is 4.33. The first-order valence-corrected chi connectivity index (χ1v) is 8.29. The Morgan fingerprint density at radius 1 is 1.04 bits per heavy atom. The number of para-hydroxylation sites is 1. The molecule has 0 aliphatic rings. The summed E-state index contributed by atoms with van der Waals surface area (Å²) in [6, 6.07) is 18.2. The highest BCUT2D eigenvalue weighted by atomic mass is 16.2. The summed E-state index contributed by atoms with van der Waals surface area (Å²) in [4.78, 5) is 28.2. The Labute approximate surface area is 151 Å². The first-order chi connectivity index (χ1) is 12.6. The number of carbonyl (C=O) groups excluding carboxylic acids is 2. The number of nitrogens with zero attached hydrogens (tertiary/aromatic N) is 1. The molecule has 0 bridgehead atoms. The van der Waals surface area contributed by atoms with Crippen LogP contribution in [0, 0.1) is 0 Å². The average molecular weight is 345 g/mol. The Hall–Kier alpha value is -3.47. The minimum absolute atomic E-state index is 0.355. The lowest BCUT2D eigenvalue weighted by Crippen LogP contribution is -2.45. The molecular weight excluding hydrogens is 326 g/mol. The maximum absolute atomic E-state index is 12.2. The number of carbonyl (C=O) groups is 2. The van der Waals surface area contributed by atoms with E-state index < -0.39 is 11.9 Å². The van der Waals surface area contributed by atoms with Crippen LogP contribution in [0.5, 0.6) is 0 Å². The van der Waals surface area contributed by atoms with Crippen molar-refractivity contribution in [3.05, 3.63) is 84.1 Å². The highest BCUT2D eigenvalue weighted by Gasteiger charge is 2.17. The number of nitrogens with two attached hydrogens (primary N) is 1. The number of hydrogen-bond acceptors (Lipinski definition) is 3. The Kier molecular flexibility index (Phi) is 5.39. The standard InChI is InChI=1S/C21H19N3O2/c22-21(26)19(14-15-6-2-1-3-7-15)24-20(25)11-10-16-12-13-23-18-9-5-4-8-17(16)18/h1-13,19H,14H2,(H2,22,26)(H,24,25). The van der Waals surface area contributed by atoms with Gasteiger partial charge in [-0.2, -0.15) is 0 Å². The Bertz CT molecular complexity index is 946. The van der Waals surface area contributed by atoms with Gasteiger partial charge in [-0.15, -0.1) is 0 Å². The lowest BCUT2D eigenvalue weighted by atomic mass is 10.1. The van der Waals surface area contributed by atoms with Gasteiger partial charge in [-0.05, 0) is 29.3 Å². The molecule has 0 fully saturated rings. The second kappa shape index (κ2) is 8.07. The molecule has 2 amide bonds. The highest BCUT2D eigenvalue weighted by molar-refractivity contribution is 5.97. The summed E-state index contributed by atoms with van der Waals surface area (Å²) < 4.78 is 0. The number of hydrogen-bond donors (Lipinski definition) is 2. The van der Waals surface area contributed by atoms with Gasteiger partial charge in [-0.1, -0.05) is 48.5 Å². The largest absolute Gasteiger partial charge is 0.368 e. The summed E-state index contributed by atoms with van der Waals surface area (Å²) >= 11 is 0. The highest BCUT2D eigenvalue weighted by Crippen LogP contribution is 2.17. The average Bonchev–Trinajstić information content (AvgIpc) is 2.66. The van der Waals surface area contributed by atoms with Gasteiger partial charge in [0.15, 0.2) is 0 Å². The summed E-state index contributed by atoms with van der Waals surface area (Å²) in [6.07, 6.45) is 5.16. The van der Waals surface area contributed by atoms with Crippen molar-refractivity contribution >= 4 is 28.8 Å². The van der Waals surface area contributed by atoms with Gasteiger partial charge in [0.2, 0.25) is 11.8 Å². The van der Waals surface area contributed by atoms with E-state index in [-0.39, 0.29) is 5.91 Å². The number of fused-ring (bicyclic) bond motifs is 1. The minimum atomic E-state index is -0.760. The number of rotatable bonds is 6. The molecule has 130 valence electrons. The Balaban J connectivity index is 1.72. The van der Waals surface area contributed by atoms with E-state index in [1.807, 2.05) is 60.7 Å². The molecule has 0 spiro atoms. The molecule has 1 aromatic heterocycles. The fraction of sp³-hybridized carbons (Fsp3) is 0.0952. The van der Waals surface area contributed by atoms with E-state index in [0.29, 0.717) is 6.42 Å². The molecule has 0 aliphatic carbocycles. The van der Waals surface area contributed by atoms with Crippen LogP contribution < -0.4 is 11.1 Å². The molecule has 0 saturated heterocycles. The molecule has 0 aliphatic heterocycles. The Morgan fingerprint density at radius 3 is 2.54 bits per heavy atom. The molecular formula is C21H19N3O2. The molecule has 0 radical (unpaired) electrons. The number of nitrogens with one attached hydrogen (secondary N) is 1. The molecule has 5 nitrogen and oxygen atoms in total. The van der Waals surface area contributed by atoms with E-state index in [4.69, 9.17) is 5.73 Å². The predicted molar refractivity (Wildman–Crippen MR) is 102 cm³/mol. The van der Waals surface area contributed by atoms with Gasteiger partial charge in [0.1, 0.15) is 6.04 Å². The van der Waals surface area contributed by atoms with Gasteiger partial charge >= 0.3 is 0 Å². The van der Waals surface area contributed by atoms with Gasteiger partial charge in [-0.3, -0.25) is 14.6 Å². The molecule has 26 heavy (non-hydrogen) atoms. The molecule has 5 heteroatoms. The van der Waals surface area contributed by atoms with E-state index in [2.05, 4.69) is 10.3 Å². The fourth-order valence-corrected chi connectivity index (χ4v) is 2.72. The van der Waals surface area contributed by atoms with E-state index in [9.17, 15) is 9.59 Å². The molecule has 1 atom stereocenters. The van der Waals surface area contributed by atoms with E-state index in [0.717, 1.165) is 22.0 Å².